The van der Waals surface area contributed by atoms with Crippen molar-refractivity contribution in [1.82, 2.24) is 9.80 Å². The summed E-state index contributed by atoms with van der Waals surface area (Å²) in [6.07, 6.45) is 1.64. The predicted molar refractivity (Wildman–Crippen MR) is 72.4 cm³/mol. The van der Waals surface area contributed by atoms with Crippen LogP contribution < -0.4 is 0 Å². The molecule has 1 saturated heterocycles. The molecule has 0 aromatic carbocycles. The van der Waals surface area contributed by atoms with Crippen LogP contribution >= 0.6 is 15.9 Å². The van der Waals surface area contributed by atoms with Gasteiger partial charge in [0.25, 0.3) is 0 Å². The molecule has 1 aliphatic heterocycles. The minimum Gasteiger partial charge on any atom is -0.377 e. The van der Waals surface area contributed by atoms with E-state index in [2.05, 4.69) is 39.6 Å². The van der Waals surface area contributed by atoms with E-state index in [9.17, 15) is 0 Å². The first-order chi connectivity index (χ1) is 7.72. The van der Waals surface area contributed by atoms with Crippen LogP contribution in [0.5, 0.6) is 0 Å². The van der Waals surface area contributed by atoms with E-state index in [0.717, 1.165) is 18.5 Å². The van der Waals surface area contributed by atoms with Crippen molar-refractivity contribution in [1.29, 1.82) is 0 Å². The molecule has 0 radical (unpaired) electrons. The summed E-state index contributed by atoms with van der Waals surface area (Å²) < 4.78 is 5.60. The molecule has 0 spiro atoms. The van der Waals surface area contributed by atoms with E-state index in [1.165, 1.54) is 39.1 Å². The summed E-state index contributed by atoms with van der Waals surface area (Å²) in [5, 5.41) is 1.09. The Bertz CT molecular complexity index is 178. The Balaban J connectivity index is 2.14. The summed E-state index contributed by atoms with van der Waals surface area (Å²) in [6.45, 7) is 12.2. The molecule has 0 amide bonds. The average Bonchev–Trinajstić information content (AvgIpc) is 2.44. The molecule has 0 saturated carbocycles. The van der Waals surface area contributed by atoms with Gasteiger partial charge in [0.05, 0.1) is 12.7 Å². The van der Waals surface area contributed by atoms with Gasteiger partial charge in [0, 0.05) is 31.5 Å². The van der Waals surface area contributed by atoms with Crippen LogP contribution in [0.3, 0.4) is 0 Å². The minimum atomic E-state index is 0.358. The molecule has 16 heavy (non-hydrogen) atoms. The van der Waals surface area contributed by atoms with E-state index in [-0.39, 0.29) is 0 Å². The normalized spacial score (nSPS) is 20.2. The first-order valence-electron chi connectivity index (χ1n) is 6.34. The van der Waals surface area contributed by atoms with Gasteiger partial charge in [-0.05, 0) is 33.4 Å². The SMILES string of the molecule is CC(C)OCCN1CCCN(CCBr)CC1. The first kappa shape index (κ1) is 14.4. The summed E-state index contributed by atoms with van der Waals surface area (Å²) in [7, 11) is 0. The van der Waals surface area contributed by atoms with Gasteiger partial charge in [0.2, 0.25) is 0 Å². The van der Waals surface area contributed by atoms with Crippen molar-refractivity contribution in [3.8, 4) is 0 Å². The lowest BCUT2D eigenvalue weighted by atomic mass is 10.4. The number of ether oxygens (including phenoxy) is 1. The quantitative estimate of drug-likeness (QED) is 0.695. The van der Waals surface area contributed by atoms with Crippen LogP contribution in [0.1, 0.15) is 20.3 Å². The zero-order chi connectivity index (χ0) is 11.8. The molecule has 0 aliphatic carbocycles. The standard InChI is InChI=1S/C12H25BrN2O/c1-12(2)16-11-10-15-6-3-5-14(7-4-13)8-9-15/h12H,3-11H2,1-2H3. The molecule has 0 N–H and O–H groups in total. The molecule has 1 aliphatic rings. The maximum absolute atomic E-state index is 5.60. The number of nitrogens with zero attached hydrogens (tertiary/aromatic N) is 2. The van der Waals surface area contributed by atoms with Gasteiger partial charge >= 0.3 is 0 Å². The molecular formula is C12H25BrN2O. The highest BCUT2D eigenvalue weighted by Gasteiger charge is 2.13. The van der Waals surface area contributed by atoms with Crippen LogP contribution in [0.15, 0.2) is 0 Å². The maximum atomic E-state index is 5.60. The summed E-state index contributed by atoms with van der Waals surface area (Å²) in [4.78, 5) is 5.06. The Morgan fingerprint density at radius 1 is 1.06 bits per heavy atom. The second-order valence-corrected chi connectivity index (χ2v) is 5.44. The molecule has 4 heteroatoms. The predicted octanol–water partition coefficient (Wildman–Crippen LogP) is 1.81. The van der Waals surface area contributed by atoms with E-state index in [1.807, 2.05) is 0 Å². The van der Waals surface area contributed by atoms with Gasteiger partial charge in [-0.25, -0.2) is 0 Å². The highest BCUT2D eigenvalue weighted by atomic mass is 79.9. The van der Waals surface area contributed by atoms with Crippen molar-refractivity contribution < 1.29 is 4.74 Å². The second-order valence-electron chi connectivity index (χ2n) is 4.65. The van der Waals surface area contributed by atoms with Gasteiger partial charge in [-0.3, -0.25) is 4.90 Å². The fourth-order valence-corrected chi connectivity index (χ4v) is 2.51. The zero-order valence-electron chi connectivity index (χ0n) is 10.6. The summed E-state index contributed by atoms with van der Waals surface area (Å²) in [6, 6.07) is 0. The Kier molecular flexibility index (Phi) is 7.62. The Morgan fingerprint density at radius 2 is 1.69 bits per heavy atom. The fourth-order valence-electron chi connectivity index (χ4n) is 2.01. The molecule has 1 heterocycles. The molecule has 0 unspecified atom stereocenters. The summed E-state index contributed by atoms with van der Waals surface area (Å²) in [5.74, 6) is 0. The Morgan fingerprint density at radius 3 is 2.25 bits per heavy atom. The number of hydrogen-bond acceptors (Lipinski definition) is 3. The van der Waals surface area contributed by atoms with Crippen molar-refractivity contribution >= 4 is 15.9 Å². The third-order valence-electron chi connectivity index (χ3n) is 2.94. The van der Waals surface area contributed by atoms with E-state index in [0.29, 0.717) is 6.10 Å². The molecular weight excluding hydrogens is 268 g/mol. The molecule has 0 atom stereocenters. The van der Waals surface area contributed by atoms with E-state index in [1.54, 1.807) is 0 Å². The highest BCUT2D eigenvalue weighted by molar-refractivity contribution is 9.09. The highest BCUT2D eigenvalue weighted by Crippen LogP contribution is 2.03. The lowest BCUT2D eigenvalue weighted by Crippen LogP contribution is -2.33. The van der Waals surface area contributed by atoms with E-state index < -0.39 is 0 Å². The molecule has 0 aromatic heterocycles. The van der Waals surface area contributed by atoms with Crippen LogP contribution in [0.2, 0.25) is 0 Å². The third-order valence-corrected chi connectivity index (χ3v) is 3.30. The van der Waals surface area contributed by atoms with Crippen molar-refractivity contribution in [2.75, 3.05) is 51.2 Å². The maximum Gasteiger partial charge on any atom is 0.0596 e. The smallest absolute Gasteiger partial charge is 0.0596 e. The third kappa shape index (κ3) is 6.18. The number of rotatable bonds is 6. The molecule has 3 nitrogen and oxygen atoms in total. The monoisotopic (exact) mass is 292 g/mol. The topological polar surface area (TPSA) is 15.7 Å². The fraction of sp³-hybridized carbons (Fsp3) is 1.00. The molecule has 0 bridgehead atoms. The zero-order valence-corrected chi connectivity index (χ0v) is 12.2. The van der Waals surface area contributed by atoms with E-state index in [4.69, 9.17) is 4.74 Å². The van der Waals surface area contributed by atoms with Crippen molar-refractivity contribution in [3.63, 3.8) is 0 Å². The van der Waals surface area contributed by atoms with Gasteiger partial charge in [0.1, 0.15) is 0 Å². The van der Waals surface area contributed by atoms with Crippen LogP contribution in [0.25, 0.3) is 0 Å². The van der Waals surface area contributed by atoms with Crippen LogP contribution in [-0.2, 0) is 4.74 Å². The number of alkyl halides is 1. The Labute approximate surface area is 108 Å². The largest absolute Gasteiger partial charge is 0.377 e. The van der Waals surface area contributed by atoms with E-state index >= 15 is 0 Å². The lowest BCUT2D eigenvalue weighted by molar-refractivity contribution is 0.0598. The van der Waals surface area contributed by atoms with Crippen LogP contribution in [-0.4, -0.2) is 67.1 Å². The number of halogens is 1. The Hall–Kier alpha value is 0.360. The second kappa shape index (κ2) is 8.45. The molecule has 96 valence electrons. The van der Waals surface area contributed by atoms with Crippen LogP contribution in [0, 0.1) is 0 Å². The molecule has 1 fully saturated rings. The first-order valence-corrected chi connectivity index (χ1v) is 7.47. The minimum absolute atomic E-state index is 0.358. The van der Waals surface area contributed by atoms with Crippen molar-refractivity contribution in [2.24, 2.45) is 0 Å². The van der Waals surface area contributed by atoms with Gasteiger partial charge in [-0.1, -0.05) is 15.9 Å². The van der Waals surface area contributed by atoms with Crippen molar-refractivity contribution in [2.45, 2.75) is 26.4 Å². The van der Waals surface area contributed by atoms with Gasteiger partial charge in [-0.15, -0.1) is 0 Å². The summed E-state index contributed by atoms with van der Waals surface area (Å²) >= 11 is 3.51. The summed E-state index contributed by atoms with van der Waals surface area (Å²) in [5.41, 5.74) is 0. The van der Waals surface area contributed by atoms with Gasteiger partial charge in [-0.2, -0.15) is 0 Å². The van der Waals surface area contributed by atoms with Gasteiger partial charge < -0.3 is 9.64 Å². The molecule has 1 rings (SSSR count). The lowest BCUT2D eigenvalue weighted by Gasteiger charge is -2.21. The number of hydrogen-bond donors (Lipinski definition) is 0. The van der Waals surface area contributed by atoms with Crippen molar-refractivity contribution in [3.05, 3.63) is 0 Å². The average molecular weight is 293 g/mol. The molecule has 0 aromatic rings. The van der Waals surface area contributed by atoms with Gasteiger partial charge in [0.15, 0.2) is 0 Å². The van der Waals surface area contributed by atoms with Crippen LogP contribution in [0.4, 0.5) is 0 Å².